The van der Waals surface area contributed by atoms with Gasteiger partial charge in [0.15, 0.2) is 5.16 Å². The van der Waals surface area contributed by atoms with Crippen molar-refractivity contribution in [3.05, 3.63) is 42.1 Å². The maximum atomic E-state index is 4.72. The highest BCUT2D eigenvalue weighted by Gasteiger charge is 2.51. The maximum absolute atomic E-state index is 4.72. The molecule has 152 valence electrons. The lowest BCUT2D eigenvalue weighted by Gasteiger charge is -2.56. The average molecular weight is 408 g/mol. The summed E-state index contributed by atoms with van der Waals surface area (Å²) in [7, 11) is 0. The van der Waals surface area contributed by atoms with Crippen molar-refractivity contribution in [1.29, 1.82) is 0 Å². The van der Waals surface area contributed by atoms with Gasteiger partial charge in [-0.25, -0.2) is 4.98 Å². The summed E-state index contributed by atoms with van der Waals surface area (Å²) in [6.45, 7) is 3.17. The van der Waals surface area contributed by atoms with Crippen LogP contribution in [0.25, 0.3) is 5.65 Å². The summed E-state index contributed by atoms with van der Waals surface area (Å²) in [5, 5.41) is 10.3. The van der Waals surface area contributed by atoms with E-state index in [1.54, 1.807) is 11.8 Å². The quantitative estimate of drug-likeness (QED) is 0.540. The van der Waals surface area contributed by atoms with Gasteiger partial charge in [-0.1, -0.05) is 17.8 Å². The lowest BCUT2D eigenvalue weighted by Crippen LogP contribution is -2.47. The Morgan fingerprint density at radius 2 is 1.83 bits per heavy atom. The van der Waals surface area contributed by atoms with Crippen LogP contribution in [0.1, 0.15) is 57.0 Å². The Morgan fingerprint density at radius 3 is 2.52 bits per heavy atom. The molecule has 3 aromatic heterocycles. The summed E-state index contributed by atoms with van der Waals surface area (Å²) in [4.78, 5) is 4.72. The molecular weight excluding hydrogens is 378 g/mol. The highest BCUT2D eigenvalue weighted by molar-refractivity contribution is 7.98. The third kappa shape index (κ3) is 3.20. The van der Waals surface area contributed by atoms with E-state index in [0.29, 0.717) is 5.41 Å². The van der Waals surface area contributed by atoms with Crippen LogP contribution in [0.2, 0.25) is 0 Å². The van der Waals surface area contributed by atoms with E-state index >= 15 is 0 Å². The van der Waals surface area contributed by atoms with Gasteiger partial charge in [-0.3, -0.25) is 0 Å². The molecule has 4 aliphatic carbocycles. The van der Waals surface area contributed by atoms with E-state index in [1.807, 2.05) is 18.2 Å². The van der Waals surface area contributed by atoms with E-state index in [4.69, 9.17) is 4.98 Å². The van der Waals surface area contributed by atoms with Gasteiger partial charge in [-0.05, 0) is 80.8 Å². The topological polar surface area (TPSA) is 48.0 Å². The molecule has 0 unspecified atom stereocenters. The summed E-state index contributed by atoms with van der Waals surface area (Å²) in [5.74, 6) is 5.01. The van der Waals surface area contributed by atoms with Crippen LogP contribution in [-0.2, 0) is 18.7 Å². The number of rotatable bonds is 6. The van der Waals surface area contributed by atoms with Crippen LogP contribution in [0.15, 0.2) is 35.7 Å². The lowest BCUT2D eigenvalue weighted by atomic mass is 9.49. The molecule has 5 nitrogen and oxygen atoms in total. The van der Waals surface area contributed by atoms with Crippen molar-refractivity contribution in [2.75, 3.05) is 0 Å². The Balaban J connectivity index is 1.20. The van der Waals surface area contributed by atoms with Gasteiger partial charge in [0.05, 0.1) is 5.69 Å². The number of hydrogen-bond donors (Lipinski definition) is 0. The van der Waals surface area contributed by atoms with Crippen LogP contribution in [0, 0.1) is 23.2 Å². The first-order valence-electron chi connectivity index (χ1n) is 11.2. The Kier molecular flexibility index (Phi) is 4.26. The fourth-order valence-electron chi connectivity index (χ4n) is 6.91. The number of aromatic nitrogens is 5. The molecule has 0 N–H and O–H groups in total. The molecule has 0 saturated heterocycles. The van der Waals surface area contributed by atoms with Gasteiger partial charge in [-0.2, -0.15) is 0 Å². The standard InChI is InChI=1S/C23H29N5S/c1-2-28-21(13-23-10-16-7-17(11-23)9-18(8-16)12-23)25-26-22(28)29-15-19-14-27-6-4-3-5-20(27)24-19/h3-6,14,16-18H,2,7-13,15H2,1H3. The zero-order valence-electron chi connectivity index (χ0n) is 17.1. The Labute approximate surface area is 176 Å². The molecule has 0 radical (unpaired) electrons. The summed E-state index contributed by atoms with van der Waals surface area (Å²) < 4.78 is 4.44. The van der Waals surface area contributed by atoms with Gasteiger partial charge in [0, 0.05) is 31.1 Å². The molecule has 0 spiro atoms. The Morgan fingerprint density at radius 1 is 1.07 bits per heavy atom. The fourth-order valence-corrected chi connectivity index (χ4v) is 7.82. The van der Waals surface area contributed by atoms with Gasteiger partial charge >= 0.3 is 0 Å². The summed E-state index contributed by atoms with van der Waals surface area (Å²) >= 11 is 1.77. The molecule has 6 heteroatoms. The van der Waals surface area contributed by atoms with Crippen molar-refractivity contribution in [2.24, 2.45) is 23.2 Å². The minimum absolute atomic E-state index is 0.512. The molecule has 3 heterocycles. The Hall–Kier alpha value is -1.82. The molecule has 0 aliphatic heterocycles. The first-order chi connectivity index (χ1) is 14.2. The van der Waals surface area contributed by atoms with Crippen LogP contribution in [-0.4, -0.2) is 24.1 Å². The van der Waals surface area contributed by atoms with Crippen LogP contribution in [0.3, 0.4) is 0 Å². The predicted octanol–water partition coefficient (Wildman–Crippen LogP) is 5.00. The molecule has 0 amide bonds. The van der Waals surface area contributed by atoms with Crippen molar-refractivity contribution in [3.63, 3.8) is 0 Å². The average Bonchev–Trinajstić information content (AvgIpc) is 3.27. The summed E-state index contributed by atoms with van der Waals surface area (Å²) in [5.41, 5.74) is 2.61. The molecule has 0 atom stereocenters. The number of pyridine rings is 1. The van der Waals surface area contributed by atoms with Crippen LogP contribution >= 0.6 is 11.8 Å². The number of nitrogens with zero attached hydrogens (tertiary/aromatic N) is 5. The minimum atomic E-state index is 0.512. The lowest BCUT2D eigenvalue weighted by molar-refractivity contribution is -0.0536. The molecule has 7 rings (SSSR count). The van der Waals surface area contributed by atoms with Crippen molar-refractivity contribution in [2.45, 2.75) is 69.3 Å². The number of fused-ring (bicyclic) bond motifs is 1. The largest absolute Gasteiger partial charge is 0.307 e. The number of imidazole rings is 1. The van der Waals surface area contributed by atoms with Gasteiger partial charge < -0.3 is 8.97 Å². The number of thioether (sulfide) groups is 1. The van der Waals surface area contributed by atoms with E-state index in [9.17, 15) is 0 Å². The highest BCUT2D eigenvalue weighted by Crippen LogP contribution is 2.61. The fraction of sp³-hybridized carbons (Fsp3) is 0.609. The second-order valence-electron chi connectivity index (χ2n) is 9.72. The third-order valence-corrected chi connectivity index (χ3v) is 8.57. The van der Waals surface area contributed by atoms with Gasteiger partial charge in [0.25, 0.3) is 0 Å². The second kappa shape index (κ2) is 6.86. The van der Waals surface area contributed by atoms with Crippen LogP contribution in [0.5, 0.6) is 0 Å². The van der Waals surface area contributed by atoms with Crippen molar-refractivity contribution < 1.29 is 0 Å². The molecule has 4 aliphatic rings. The van der Waals surface area contributed by atoms with E-state index in [1.165, 1.54) is 44.3 Å². The smallest absolute Gasteiger partial charge is 0.191 e. The molecule has 0 aromatic carbocycles. The van der Waals surface area contributed by atoms with E-state index in [-0.39, 0.29) is 0 Å². The predicted molar refractivity (Wildman–Crippen MR) is 115 cm³/mol. The first-order valence-corrected chi connectivity index (χ1v) is 12.2. The van der Waals surface area contributed by atoms with Crippen molar-refractivity contribution >= 4 is 17.4 Å². The second-order valence-corrected chi connectivity index (χ2v) is 10.7. The summed E-state index contributed by atoms with van der Waals surface area (Å²) in [6.07, 6.45) is 14.1. The molecule has 4 saturated carbocycles. The monoisotopic (exact) mass is 407 g/mol. The van der Waals surface area contributed by atoms with E-state index < -0.39 is 0 Å². The van der Waals surface area contributed by atoms with Crippen LogP contribution < -0.4 is 0 Å². The summed E-state index contributed by atoms with van der Waals surface area (Å²) in [6, 6.07) is 6.12. The van der Waals surface area contributed by atoms with E-state index in [0.717, 1.165) is 53.0 Å². The maximum Gasteiger partial charge on any atom is 0.191 e. The highest BCUT2D eigenvalue weighted by atomic mass is 32.2. The van der Waals surface area contributed by atoms with Gasteiger partial charge in [0.2, 0.25) is 0 Å². The molecule has 3 aromatic rings. The van der Waals surface area contributed by atoms with Crippen molar-refractivity contribution in [3.8, 4) is 0 Å². The number of hydrogen-bond acceptors (Lipinski definition) is 4. The normalized spacial score (nSPS) is 30.4. The van der Waals surface area contributed by atoms with Gasteiger partial charge in [-0.15, -0.1) is 10.2 Å². The van der Waals surface area contributed by atoms with E-state index in [2.05, 4.69) is 38.5 Å². The zero-order chi connectivity index (χ0) is 19.4. The van der Waals surface area contributed by atoms with Crippen molar-refractivity contribution in [1.82, 2.24) is 24.1 Å². The van der Waals surface area contributed by atoms with Crippen LogP contribution in [0.4, 0.5) is 0 Å². The Bertz CT molecular complexity index is 967. The van der Waals surface area contributed by atoms with Gasteiger partial charge in [0.1, 0.15) is 11.5 Å². The first kappa shape index (κ1) is 18.0. The zero-order valence-corrected chi connectivity index (χ0v) is 17.9. The molecule has 4 fully saturated rings. The molecular formula is C23H29N5S. The molecule has 4 bridgehead atoms. The third-order valence-electron chi connectivity index (χ3n) is 7.57. The SMILES string of the molecule is CCn1c(CC23CC4CC(CC(C4)C2)C3)nnc1SCc1cn2ccccc2n1. The molecule has 29 heavy (non-hydrogen) atoms. The minimum Gasteiger partial charge on any atom is -0.307 e.